The lowest BCUT2D eigenvalue weighted by molar-refractivity contribution is 0.0764. The van der Waals surface area contributed by atoms with Crippen molar-refractivity contribution in [3.05, 3.63) is 29.3 Å². The topological polar surface area (TPSA) is 35.6 Å². The van der Waals surface area contributed by atoms with Crippen molar-refractivity contribution >= 4 is 11.6 Å². The van der Waals surface area contributed by atoms with Crippen LogP contribution < -0.4 is 5.32 Å². The maximum Gasteiger partial charge on any atom is 0.255 e. The van der Waals surface area contributed by atoms with Crippen LogP contribution in [0, 0.1) is 6.92 Å². The van der Waals surface area contributed by atoms with Crippen molar-refractivity contribution in [3.8, 4) is 0 Å². The number of rotatable bonds is 2. The Balaban J connectivity index is 2.19. The molecule has 1 aliphatic heterocycles. The molecule has 1 aromatic carbocycles. The fourth-order valence-electron chi connectivity index (χ4n) is 2.47. The summed E-state index contributed by atoms with van der Waals surface area (Å²) in [7, 11) is 3.97. The van der Waals surface area contributed by atoms with Gasteiger partial charge in [-0.3, -0.25) is 4.79 Å². The lowest BCUT2D eigenvalue weighted by atomic mass is 10.1. The molecule has 0 unspecified atom stereocenters. The second-order valence-electron chi connectivity index (χ2n) is 5.25. The highest BCUT2D eigenvalue weighted by molar-refractivity contribution is 5.99. The summed E-state index contributed by atoms with van der Waals surface area (Å²) in [5, 5.41) is 3.12. The van der Waals surface area contributed by atoms with Crippen molar-refractivity contribution in [2.75, 3.05) is 45.6 Å². The molecule has 0 radical (unpaired) electrons. The van der Waals surface area contributed by atoms with E-state index in [1.807, 2.05) is 37.1 Å². The molecule has 4 nitrogen and oxygen atoms in total. The van der Waals surface area contributed by atoms with Gasteiger partial charge in [0.2, 0.25) is 0 Å². The fourth-order valence-corrected chi connectivity index (χ4v) is 2.47. The number of carbonyl (C=O) groups is 1. The molecule has 0 atom stereocenters. The van der Waals surface area contributed by atoms with E-state index < -0.39 is 0 Å². The molecule has 1 aromatic rings. The highest BCUT2D eigenvalue weighted by Crippen LogP contribution is 2.19. The van der Waals surface area contributed by atoms with E-state index in [1.165, 1.54) is 0 Å². The summed E-state index contributed by atoms with van der Waals surface area (Å²) < 4.78 is 0. The molecule has 1 saturated heterocycles. The van der Waals surface area contributed by atoms with Gasteiger partial charge in [0.05, 0.1) is 5.56 Å². The maximum absolute atomic E-state index is 12.6. The van der Waals surface area contributed by atoms with Crippen LogP contribution in [0.25, 0.3) is 0 Å². The van der Waals surface area contributed by atoms with E-state index in [1.54, 1.807) is 0 Å². The van der Waals surface area contributed by atoms with Gasteiger partial charge in [0.25, 0.3) is 5.91 Å². The Morgan fingerprint density at radius 3 is 2.74 bits per heavy atom. The van der Waals surface area contributed by atoms with Crippen molar-refractivity contribution in [2.45, 2.75) is 13.3 Å². The third-order valence-electron chi connectivity index (χ3n) is 3.68. The monoisotopic (exact) mass is 261 g/mol. The number of likely N-dealkylation sites (N-methyl/N-ethyl adjacent to an activating group) is 1. The summed E-state index contributed by atoms with van der Waals surface area (Å²) >= 11 is 0. The van der Waals surface area contributed by atoms with Gasteiger partial charge in [-0.2, -0.15) is 0 Å². The van der Waals surface area contributed by atoms with Crippen LogP contribution in [0.15, 0.2) is 18.2 Å². The number of hydrogen-bond donors (Lipinski definition) is 1. The molecule has 1 N–H and O–H groups in total. The second kappa shape index (κ2) is 6.06. The number of nitrogens with one attached hydrogen (secondary N) is 1. The number of amides is 1. The first-order valence-corrected chi connectivity index (χ1v) is 6.88. The van der Waals surface area contributed by atoms with Crippen LogP contribution in [-0.4, -0.2) is 56.0 Å². The number of aryl methyl sites for hydroxylation is 1. The minimum absolute atomic E-state index is 0.139. The lowest BCUT2D eigenvalue weighted by Crippen LogP contribution is -2.34. The fraction of sp³-hybridized carbons (Fsp3) is 0.533. The highest BCUT2D eigenvalue weighted by Gasteiger charge is 2.20. The number of hydrogen-bond acceptors (Lipinski definition) is 3. The molecular weight excluding hydrogens is 238 g/mol. The van der Waals surface area contributed by atoms with Gasteiger partial charge in [-0.25, -0.2) is 0 Å². The van der Waals surface area contributed by atoms with Crippen molar-refractivity contribution in [1.82, 2.24) is 9.80 Å². The van der Waals surface area contributed by atoms with Crippen LogP contribution >= 0.6 is 0 Å². The molecule has 0 aromatic heterocycles. The molecule has 0 bridgehead atoms. The Morgan fingerprint density at radius 2 is 2.00 bits per heavy atom. The van der Waals surface area contributed by atoms with E-state index in [4.69, 9.17) is 0 Å². The minimum Gasteiger partial charge on any atom is -0.387 e. The zero-order valence-corrected chi connectivity index (χ0v) is 12.1. The smallest absolute Gasteiger partial charge is 0.255 e. The molecule has 0 saturated carbocycles. The first-order chi connectivity index (χ1) is 9.11. The Morgan fingerprint density at radius 1 is 1.21 bits per heavy atom. The third kappa shape index (κ3) is 3.26. The standard InChI is InChI=1S/C15H23N3O/c1-12-5-6-13(14(11-12)16-2)15(19)18-8-4-7-17(3)9-10-18/h5-6,11,16H,4,7-10H2,1-3H3. The Hall–Kier alpha value is -1.55. The average Bonchev–Trinajstić information content (AvgIpc) is 2.62. The first-order valence-electron chi connectivity index (χ1n) is 6.88. The minimum atomic E-state index is 0.139. The van der Waals surface area contributed by atoms with E-state index in [0.29, 0.717) is 0 Å². The van der Waals surface area contributed by atoms with Gasteiger partial charge in [-0.1, -0.05) is 6.07 Å². The summed E-state index contributed by atoms with van der Waals surface area (Å²) in [6.07, 6.45) is 1.04. The third-order valence-corrected chi connectivity index (χ3v) is 3.68. The molecule has 19 heavy (non-hydrogen) atoms. The van der Waals surface area contributed by atoms with Crippen molar-refractivity contribution in [2.24, 2.45) is 0 Å². The predicted octanol–water partition coefficient (Wildman–Crippen LogP) is 1.81. The second-order valence-corrected chi connectivity index (χ2v) is 5.25. The quantitative estimate of drug-likeness (QED) is 0.882. The van der Waals surface area contributed by atoms with E-state index in [-0.39, 0.29) is 5.91 Å². The number of carbonyl (C=O) groups excluding carboxylic acids is 1. The Labute approximate surface area is 115 Å². The van der Waals surface area contributed by atoms with Gasteiger partial charge in [0.1, 0.15) is 0 Å². The average molecular weight is 261 g/mol. The van der Waals surface area contributed by atoms with E-state index >= 15 is 0 Å². The zero-order valence-electron chi connectivity index (χ0n) is 12.1. The number of anilines is 1. The van der Waals surface area contributed by atoms with Crippen molar-refractivity contribution < 1.29 is 4.79 Å². The summed E-state index contributed by atoms with van der Waals surface area (Å²) in [6, 6.07) is 5.95. The van der Waals surface area contributed by atoms with Crippen LogP contribution in [0.4, 0.5) is 5.69 Å². The molecule has 1 amide bonds. The normalized spacial score (nSPS) is 17.1. The summed E-state index contributed by atoms with van der Waals surface area (Å²) in [5.41, 5.74) is 2.86. The van der Waals surface area contributed by atoms with Crippen molar-refractivity contribution in [3.63, 3.8) is 0 Å². The molecule has 104 valence electrons. The number of nitrogens with zero attached hydrogens (tertiary/aromatic N) is 2. The number of benzene rings is 1. The Bertz CT molecular complexity index is 459. The van der Waals surface area contributed by atoms with Crippen LogP contribution in [0.2, 0.25) is 0 Å². The zero-order chi connectivity index (χ0) is 13.8. The van der Waals surface area contributed by atoms with E-state index in [2.05, 4.69) is 17.3 Å². The van der Waals surface area contributed by atoms with Crippen LogP contribution in [-0.2, 0) is 0 Å². The van der Waals surface area contributed by atoms with E-state index in [9.17, 15) is 4.79 Å². The molecule has 1 fully saturated rings. The summed E-state index contributed by atoms with van der Waals surface area (Å²) in [6.45, 7) is 5.71. The molecule has 1 heterocycles. The van der Waals surface area contributed by atoms with E-state index in [0.717, 1.165) is 49.4 Å². The lowest BCUT2D eigenvalue weighted by Gasteiger charge is -2.22. The molecular formula is C15H23N3O. The molecule has 1 aliphatic rings. The van der Waals surface area contributed by atoms with Gasteiger partial charge in [0.15, 0.2) is 0 Å². The SMILES string of the molecule is CNc1cc(C)ccc1C(=O)N1CCCN(C)CC1. The van der Waals surface area contributed by atoms with Crippen LogP contribution in [0.3, 0.4) is 0 Å². The summed E-state index contributed by atoms with van der Waals surface area (Å²) in [5.74, 6) is 0.139. The molecule has 0 aliphatic carbocycles. The summed E-state index contributed by atoms with van der Waals surface area (Å²) in [4.78, 5) is 16.9. The first kappa shape index (κ1) is 13.9. The van der Waals surface area contributed by atoms with Gasteiger partial charge in [-0.05, 0) is 44.6 Å². The largest absolute Gasteiger partial charge is 0.387 e. The molecule has 4 heteroatoms. The Kier molecular flexibility index (Phi) is 4.43. The van der Waals surface area contributed by atoms with Crippen molar-refractivity contribution in [1.29, 1.82) is 0 Å². The molecule has 2 rings (SSSR count). The van der Waals surface area contributed by atoms with Gasteiger partial charge >= 0.3 is 0 Å². The van der Waals surface area contributed by atoms with Crippen LogP contribution in [0.1, 0.15) is 22.3 Å². The highest BCUT2D eigenvalue weighted by atomic mass is 16.2. The molecule has 0 spiro atoms. The van der Waals surface area contributed by atoms with Crippen LogP contribution in [0.5, 0.6) is 0 Å². The van der Waals surface area contributed by atoms with Gasteiger partial charge in [-0.15, -0.1) is 0 Å². The maximum atomic E-state index is 12.6. The predicted molar refractivity (Wildman–Crippen MR) is 78.7 cm³/mol. The van der Waals surface area contributed by atoms with Gasteiger partial charge in [0, 0.05) is 32.4 Å². The van der Waals surface area contributed by atoms with Gasteiger partial charge < -0.3 is 15.1 Å².